The molecule has 3 heteroatoms. The molecule has 0 bridgehead atoms. The van der Waals surface area contributed by atoms with Crippen LogP contribution in [-0.2, 0) is 6.54 Å². The zero-order valence-electron chi connectivity index (χ0n) is 6.78. The normalized spacial score (nSPS) is 10.0. The Morgan fingerprint density at radius 2 is 2.45 bits per heavy atom. The van der Waals surface area contributed by atoms with Gasteiger partial charge in [-0.05, 0) is 17.1 Å². The third kappa shape index (κ3) is 2.08. The Hall–Kier alpha value is -1.30. The molecule has 3 nitrogen and oxygen atoms in total. The van der Waals surface area contributed by atoms with Gasteiger partial charge in [-0.15, -0.1) is 0 Å². The fourth-order valence-electron chi connectivity index (χ4n) is 0.886. The van der Waals surface area contributed by atoms with E-state index in [2.05, 4.69) is 23.8 Å². The summed E-state index contributed by atoms with van der Waals surface area (Å²) in [6.07, 6.45) is 1.84. The highest BCUT2D eigenvalue weighted by atomic mass is 15.3. The molecule has 0 aliphatic carbocycles. The maximum atomic E-state index is 6.69. The van der Waals surface area contributed by atoms with Gasteiger partial charge in [0, 0.05) is 6.20 Å². The van der Waals surface area contributed by atoms with Gasteiger partial charge >= 0.3 is 0 Å². The third-order valence-corrected chi connectivity index (χ3v) is 1.29. The molecule has 0 aliphatic heterocycles. The number of hydrogen-bond donors (Lipinski definition) is 0. The first-order valence-electron chi connectivity index (χ1n) is 3.63. The van der Waals surface area contributed by atoms with Crippen molar-refractivity contribution in [3.8, 4) is 0 Å². The molecule has 0 aromatic carbocycles. The number of nitrogens with zero attached hydrogens (tertiary/aromatic N) is 3. The first kappa shape index (κ1) is 7.80. The van der Waals surface area contributed by atoms with Crippen LogP contribution in [0.25, 0.3) is 4.85 Å². The van der Waals surface area contributed by atoms with Crippen LogP contribution >= 0.6 is 0 Å². The average Bonchev–Trinajstić information content (AvgIpc) is 2.34. The van der Waals surface area contributed by atoms with Crippen LogP contribution in [0.5, 0.6) is 0 Å². The third-order valence-electron chi connectivity index (χ3n) is 1.29. The molecule has 0 saturated heterocycles. The Balaban J connectivity index is 2.67. The van der Waals surface area contributed by atoms with E-state index in [1.54, 1.807) is 10.7 Å². The Morgan fingerprint density at radius 1 is 1.73 bits per heavy atom. The van der Waals surface area contributed by atoms with Gasteiger partial charge in [0.25, 0.3) is 5.82 Å². The summed E-state index contributed by atoms with van der Waals surface area (Å²) in [6.45, 7) is 11.8. The van der Waals surface area contributed by atoms with Crippen molar-refractivity contribution < 1.29 is 0 Å². The molecule has 1 aromatic heterocycles. The van der Waals surface area contributed by atoms with Crippen LogP contribution in [-0.4, -0.2) is 9.78 Å². The molecule has 58 valence electrons. The molecule has 1 aromatic rings. The fraction of sp³-hybridized carbons (Fsp3) is 0.500. The molecule has 0 radical (unpaired) electrons. The van der Waals surface area contributed by atoms with Crippen LogP contribution in [0.15, 0.2) is 12.3 Å². The van der Waals surface area contributed by atoms with E-state index in [9.17, 15) is 0 Å². The second-order valence-corrected chi connectivity index (χ2v) is 2.90. The summed E-state index contributed by atoms with van der Waals surface area (Å²) >= 11 is 0. The topological polar surface area (TPSA) is 22.2 Å². The van der Waals surface area contributed by atoms with Crippen molar-refractivity contribution in [2.24, 2.45) is 5.92 Å². The predicted octanol–water partition coefficient (Wildman–Crippen LogP) is 2.09. The van der Waals surface area contributed by atoms with E-state index in [0.717, 1.165) is 6.54 Å². The average molecular weight is 149 g/mol. The lowest BCUT2D eigenvalue weighted by Gasteiger charge is -1.99. The highest BCUT2D eigenvalue weighted by molar-refractivity contribution is 5.32. The lowest BCUT2D eigenvalue weighted by Crippen LogP contribution is -2.03. The van der Waals surface area contributed by atoms with E-state index in [1.165, 1.54) is 0 Å². The van der Waals surface area contributed by atoms with E-state index in [0.29, 0.717) is 11.7 Å². The second kappa shape index (κ2) is 3.20. The molecule has 0 amide bonds. The molecule has 0 spiro atoms. The van der Waals surface area contributed by atoms with Crippen molar-refractivity contribution >= 4 is 5.82 Å². The molecular formula is C8H11N3. The zero-order chi connectivity index (χ0) is 8.27. The lowest BCUT2D eigenvalue weighted by atomic mass is 10.2. The minimum atomic E-state index is 0.477. The van der Waals surface area contributed by atoms with E-state index >= 15 is 0 Å². The minimum Gasteiger partial charge on any atom is -0.359 e. The summed E-state index contributed by atoms with van der Waals surface area (Å²) in [4.78, 5) is 3.22. The molecule has 0 atom stereocenters. The van der Waals surface area contributed by atoms with Crippen LogP contribution in [0.2, 0.25) is 0 Å². The van der Waals surface area contributed by atoms with Crippen LogP contribution in [0, 0.1) is 12.5 Å². The highest BCUT2D eigenvalue weighted by Gasteiger charge is 2.01. The van der Waals surface area contributed by atoms with Gasteiger partial charge in [0.1, 0.15) is 0 Å². The van der Waals surface area contributed by atoms with Crippen LogP contribution in [0.3, 0.4) is 0 Å². The van der Waals surface area contributed by atoms with Crippen LogP contribution in [0.1, 0.15) is 13.8 Å². The number of rotatable bonds is 2. The van der Waals surface area contributed by atoms with Crippen molar-refractivity contribution in [3.05, 3.63) is 23.7 Å². The summed E-state index contributed by atoms with van der Waals surface area (Å²) < 4.78 is 1.80. The molecule has 1 heterocycles. The van der Waals surface area contributed by atoms with E-state index in [1.807, 2.05) is 6.20 Å². The van der Waals surface area contributed by atoms with Gasteiger partial charge in [-0.25, -0.2) is 0 Å². The molecule has 0 fully saturated rings. The van der Waals surface area contributed by atoms with Crippen molar-refractivity contribution in [2.45, 2.75) is 20.4 Å². The lowest BCUT2D eigenvalue weighted by molar-refractivity contribution is 0.484. The summed E-state index contributed by atoms with van der Waals surface area (Å²) in [7, 11) is 0. The smallest absolute Gasteiger partial charge is 0.295 e. The summed E-state index contributed by atoms with van der Waals surface area (Å²) in [5, 5.41) is 4.03. The maximum Gasteiger partial charge on any atom is 0.295 e. The van der Waals surface area contributed by atoms with Crippen molar-refractivity contribution in [2.75, 3.05) is 0 Å². The van der Waals surface area contributed by atoms with Crippen molar-refractivity contribution in [1.29, 1.82) is 0 Å². The molecule has 11 heavy (non-hydrogen) atoms. The minimum absolute atomic E-state index is 0.477. The van der Waals surface area contributed by atoms with Gasteiger partial charge < -0.3 is 4.85 Å². The van der Waals surface area contributed by atoms with Crippen LogP contribution in [0.4, 0.5) is 5.82 Å². The molecular weight excluding hydrogens is 138 g/mol. The molecule has 0 aliphatic rings. The quantitative estimate of drug-likeness (QED) is 0.590. The number of hydrogen-bond acceptors (Lipinski definition) is 1. The summed E-state index contributed by atoms with van der Waals surface area (Å²) in [6, 6.07) is 1.73. The Labute approximate surface area is 66.5 Å². The SMILES string of the molecule is [C-]#[N+]c1ccn(CC(C)C)n1. The van der Waals surface area contributed by atoms with Gasteiger partial charge in [0.05, 0.1) is 6.54 Å². The van der Waals surface area contributed by atoms with E-state index < -0.39 is 0 Å². The van der Waals surface area contributed by atoms with Crippen molar-refractivity contribution in [3.63, 3.8) is 0 Å². The predicted molar refractivity (Wildman–Crippen MR) is 43.3 cm³/mol. The van der Waals surface area contributed by atoms with Gasteiger partial charge in [0.2, 0.25) is 0 Å². The van der Waals surface area contributed by atoms with Gasteiger partial charge in [-0.3, -0.25) is 0 Å². The Kier molecular flexibility index (Phi) is 2.27. The first-order valence-corrected chi connectivity index (χ1v) is 3.63. The monoisotopic (exact) mass is 149 g/mol. The van der Waals surface area contributed by atoms with Gasteiger partial charge in [-0.1, -0.05) is 20.4 Å². The Bertz CT molecular complexity index is 267. The summed E-state index contributed by atoms with van der Waals surface area (Å²) in [5.74, 6) is 1.05. The standard InChI is InChI=1S/C8H11N3/c1-7(2)6-11-5-4-8(9-3)10-11/h4-5,7H,6H2,1-2H3. The second-order valence-electron chi connectivity index (χ2n) is 2.90. The largest absolute Gasteiger partial charge is 0.359 e. The molecule has 0 saturated carbocycles. The first-order chi connectivity index (χ1) is 5.22. The zero-order valence-corrected chi connectivity index (χ0v) is 6.78. The van der Waals surface area contributed by atoms with Crippen molar-refractivity contribution in [1.82, 2.24) is 9.78 Å². The fourth-order valence-corrected chi connectivity index (χ4v) is 0.886. The van der Waals surface area contributed by atoms with Crippen LogP contribution < -0.4 is 0 Å². The summed E-state index contributed by atoms with van der Waals surface area (Å²) in [5.41, 5.74) is 0. The van der Waals surface area contributed by atoms with E-state index in [4.69, 9.17) is 6.57 Å². The van der Waals surface area contributed by atoms with Gasteiger partial charge in [0.15, 0.2) is 0 Å². The molecule has 1 rings (SSSR count). The Morgan fingerprint density at radius 3 is 2.91 bits per heavy atom. The maximum absolute atomic E-state index is 6.69. The molecule has 0 N–H and O–H groups in total. The highest BCUT2D eigenvalue weighted by Crippen LogP contribution is 2.07. The molecule has 0 unspecified atom stereocenters. The van der Waals surface area contributed by atoms with Gasteiger partial charge in [-0.2, -0.15) is 4.68 Å². The van der Waals surface area contributed by atoms with E-state index in [-0.39, 0.29) is 0 Å². The number of aromatic nitrogens is 2.